The van der Waals surface area contributed by atoms with Crippen LogP contribution in [0.25, 0.3) is 11.1 Å². The maximum Gasteiger partial charge on any atom is 0.305 e. The van der Waals surface area contributed by atoms with Gasteiger partial charge >= 0.3 is 5.97 Å². The number of hydrogen-bond acceptors (Lipinski definition) is 6. The summed E-state index contributed by atoms with van der Waals surface area (Å²) in [4.78, 5) is 15.4. The highest BCUT2D eigenvalue weighted by atomic mass is 16.5. The van der Waals surface area contributed by atoms with E-state index >= 15 is 0 Å². The fraction of sp³-hybridized carbons (Fsp3) is 0.385. The van der Waals surface area contributed by atoms with Crippen LogP contribution in [0.15, 0.2) is 22.6 Å². The fourth-order valence-corrected chi connectivity index (χ4v) is 1.68. The van der Waals surface area contributed by atoms with Crippen molar-refractivity contribution < 1.29 is 13.9 Å². The van der Waals surface area contributed by atoms with E-state index in [2.05, 4.69) is 10.3 Å². The lowest BCUT2D eigenvalue weighted by Crippen LogP contribution is -2.08. The number of anilines is 2. The van der Waals surface area contributed by atoms with Crippen molar-refractivity contribution in [3.05, 3.63) is 18.2 Å². The lowest BCUT2D eigenvalue weighted by Gasteiger charge is -2.02. The van der Waals surface area contributed by atoms with Gasteiger partial charge in [0.1, 0.15) is 5.52 Å². The van der Waals surface area contributed by atoms with E-state index in [4.69, 9.17) is 14.9 Å². The Labute approximate surface area is 110 Å². The highest BCUT2D eigenvalue weighted by Gasteiger charge is 2.06. The average molecular weight is 263 g/mol. The van der Waals surface area contributed by atoms with Crippen molar-refractivity contribution in [3.63, 3.8) is 0 Å². The van der Waals surface area contributed by atoms with Gasteiger partial charge in [-0.2, -0.15) is 4.98 Å². The van der Waals surface area contributed by atoms with Crippen LogP contribution in [0, 0.1) is 0 Å². The first-order chi connectivity index (χ1) is 9.19. The molecule has 3 N–H and O–H groups in total. The number of rotatable bonds is 6. The molecule has 0 saturated carbocycles. The van der Waals surface area contributed by atoms with E-state index in [-0.39, 0.29) is 5.97 Å². The Hall–Kier alpha value is -2.24. The number of nitrogens with zero attached hydrogens (tertiary/aromatic N) is 1. The third-order valence-corrected chi connectivity index (χ3v) is 2.55. The van der Waals surface area contributed by atoms with Crippen LogP contribution in [0.5, 0.6) is 0 Å². The lowest BCUT2D eigenvalue weighted by molar-refractivity contribution is -0.143. The number of hydrogen-bond donors (Lipinski definition) is 2. The predicted octanol–water partition coefficient (Wildman–Crippen LogP) is 2.17. The molecule has 0 unspecified atom stereocenters. The van der Waals surface area contributed by atoms with Crippen LogP contribution >= 0.6 is 0 Å². The Morgan fingerprint density at radius 2 is 2.37 bits per heavy atom. The second-order valence-electron chi connectivity index (χ2n) is 4.08. The molecule has 1 aromatic carbocycles. The van der Waals surface area contributed by atoms with Crippen LogP contribution in [0.4, 0.5) is 11.7 Å². The second-order valence-corrected chi connectivity index (χ2v) is 4.08. The third-order valence-electron chi connectivity index (χ3n) is 2.55. The van der Waals surface area contributed by atoms with E-state index in [9.17, 15) is 4.79 Å². The fourth-order valence-electron chi connectivity index (χ4n) is 1.68. The van der Waals surface area contributed by atoms with Crippen LogP contribution in [-0.2, 0) is 9.53 Å². The summed E-state index contributed by atoms with van der Waals surface area (Å²) in [5, 5.41) is 3.02. The third kappa shape index (κ3) is 3.61. The normalized spacial score (nSPS) is 10.6. The van der Waals surface area contributed by atoms with Crippen LogP contribution in [0.1, 0.15) is 19.8 Å². The van der Waals surface area contributed by atoms with E-state index in [1.54, 1.807) is 25.1 Å². The minimum atomic E-state index is -0.186. The van der Waals surface area contributed by atoms with Crippen molar-refractivity contribution in [2.75, 3.05) is 24.2 Å². The molecule has 6 nitrogen and oxygen atoms in total. The minimum Gasteiger partial charge on any atom is -0.466 e. The molecule has 0 aliphatic heterocycles. The number of carbonyl (C=O) groups excluding carboxylic acids is 1. The summed E-state index contributed by atoms with van der Waals surface area (Å²) in [7, 11) is 0. The van der Waals surface area contributed by atoms with Crippen molar-refractivity contribution in [2.45, 2.75) is 19.8 Å². The Morgan fingerprint density at radius 3 is 3.16 bits per heavy atom. The zero-order valence-corrected chi connectivity index (χ0v) is 10.8. The number of nitrogen functional groups attached to an aromatic ring is 1. The second kappa shape index (κ2) is 6.08. The van der Waals surface area contributed by atoms with Gasteiger partial charge < -0.3 is 20.2 Å². The molecular formula is C13H17N3O3. The van der Waals surface area contributed by atoms with E-state index in [1.807, 2.05) is 0 Å². The van der Waals surface area contributed by atoms with Crippen LogP contribution in [-0.4, -0.2) is 24.1 Å². The average Bonchev–Trinajstić information content (AvgIpc) is 2.77. The summed E-state index contributed by atoms with van der Waals surface area (Å²) in [6.45, 7) is 2.81. The molecule has 2 rings (SSSR count). The molecule has 0 amide bonds. The first-order valence-electron chi connectivity index (χ1n) is 6.24. The highest BCUT2D eigenvalue weighted by Crippen LogP contribution is 2.20. The van der Waals surface area contributed by atoms with Gasteiger partial charge in [0.25, 0.3) is 6.01 Å². The van der Waals surface area contributed by atoms with Crippen molar-refractivity contribution in [1.29, 1.82) is 0 Å². The molecule has 0 aliphatic rings. The van der Waals surface area contributed by atoms with E-state index in [0.29, 0.717) is 43.3 Å². The lowest BCUT2D eigenvalue weighted by atomic mass is 10.3. The van der Waals surface area contributed by atoms with E-state index < -0.39 is 0 Å². The maximum absolute atomic E-state index is 11.1. The van der Waals surface area contributed by atoms with Crippen LogP contribution in [0.3, 0.4) is 0 Å². The van der Waals surface area contributed by atoms with Gasteiger partial charge in [0.2, 0.25) is 0 Å². The molecule has 19 heavy (non-hydrogen) atoms. The number of benzene rings is 1. The standard InChI is InChI=1S/C13H17N3O3/c1-2-18-12(17)4-3-7-15-13-16-10-6-5-9(14)8-11(10)19-13/h5-6,8H,2-4,7,14H2,1H3,(H,15,16). The van der Waals surface area contributed by atoms with Crippen molar-refractivity contribution in [3.8, 4) is 0 Å². The number of nitrogens with two attached hydrogens (primary N) is 1. The number of ether oxygens (including phenoxy) is 1. The Morgan fingerprint density at radius 1 is 1.53 bits per heavy atom. The molecule has 0 bridgehead atoms. The first-order valence-corrected chi connectivity index (χ1v) is 6.24. The monoisotopic (exact) mass is 263 g/mol. The molecule has 0 atom stereocenters. The molecule has 2 aromatic rings. The molecule has 0 spiro atoms. The Kier molecular flexibility index (Phi) is 4.22. The topological polar surface area (TPSA) is 90.4 Å². The molecule has 0 fully saturated rings. The number of fused-ring (bicyclic) bond motifs is 1. The largest absolute Gasteiger partial charge is 0.466 e. The molecule has 6 heteroatoms. The maximum atomic E-state index is 11.1. The molecule has 102 valence electrons. The van der Waals surface area contributed by atoms with Gasteiger partial charge in [0.15, 0.2) is 5.58 Å². The van der Waals surface area contributed by atoms with Crippen molar-refractivity contribution >= 4 is 28.8 Å². The summed E-state index contributed by atoms with van der Waals surface area (Å²) >= 11 is 0. The van der Waals surface area contributed by atoms with Gasteiger partial charge in [-0.25, -0.2) is 0 Å². The highest BCUT2D eigenvalue weighted by molar-refractivity contribution is 5.78. The zero-order valence-electron chi connectivity index (χ0n) is 10.8. The van der Waals surface area contributed by atoms with E-state index in [0.717, 1.165) is 5.52 Å². The quantitative estimate of drug-likeness (QED) is 0.471. The number of carbonyl (C=O) groups is 1. The number of aromatic nitrogens is 1. The molecular weight excluding hydrogens is 246 g/mol. The summed E-state index contributed by atoms with van der Waals surface area (Å²) in [5.41, 5.74) is 7.69. The summed E-state index contributed by atoms with van der Waals surface area (Å²) in [5.74, 6) is -0.186. The van der Waals surface area contributed by atoms with Gasteiger partial charge in [-0.15, -0.1) is 0 Å². The minimum absolute atomic E-state index is 0.186. The summed E-state index contributed by atoms with van der Waals surface area (Å²) in [6.07, 6.45) is 1.05. The van der Waals surface area contributed by atoms with Crippen LogP contribution in [0.2, 0.25) is 0 Å². The van der Waals surface area contributed by atoms with E-state index in [1.165, 1.54) is 0 Å². The molecule has 0 radical (unpaired) electrons. The first kappa shape index (κ1) is 13.2. The molecule has 1 aromatic heterocycles. The predicted molar refractivity (Wildman–Crippen MR) is 72.8 cm³/mol. The van der Waals surface area contributed by atoms with Gasteiger partial charge in [-0.05, 0) is 25.5 Å². The summed E-state index contributed by atoms with van der Waals surface area (Å²) in [6, 6.07) is 5.74. The van der Waals surface area contributed by atoms with Gasteiger partial charge in [0, 0.05) is 24.7 Å². The van der Waals surface area contributed by atoms with Gasteiger partial charge in [-0.3, -0.25) is 4.79 Å². The number of nitrogens with one attached hydrogen (secondary N) is 1. The number of oxazole rings is 1. The Balaban J connectivity index is 1.83. The Bertz CT molecular complexity index is 565. The van der Waals surface area contributed by atoms with Crippen molar-refractivity contribution in [1.82, 2.24) is 4.98 Å². The smallest absolute Gasteiger partial charge is 0.305 e. The summed E-state index contributed by atoms with van der Waals surface area (Å²) < 4.78 is 10.3. The molecule has 1 heterocycles. The SMILES string of the molecule is CCOC(=O)CCCNc1nc2ccc(N)cc2o1. The number of esters is 1. The van der Waals surface area contributed by atoms with Gasteiger partial charge in [0.05, 0.1) is 6.61 Å². The van der Waals surface area contributed by atoms with Crippen LogP contribution < -0.4 is 11.1 Å². The molecule has 0 saturated heterocycles. The molecule has 0 aliphatic carbocycles. The zero-order chi connectivity index (χ0) is 13.7. The van der Waals surface area contributed by atoms with Crippen molar-refractivity contribution in [2.24, 2.45) is 0 Å². The van der Waals surface area contributed by atoms with Gasteiger partial charge in [-0.1, -0.05) is 0 Å².